The van der Waals surface area contributed by atoms with Crippen molar-refractivity contribution in [3.8, 4) is 11.5 Å². The lowest BCUT2D eigenvalue weighted by Crippen LogP contribution is -2.40. The van der Waals surface area contributed by atoms with Gasteiger partial charge in [-0.25, -0.2) is 0 Å². The van der Waals surface area contributed by atoms with Gasteiger partial charge in [0.15, 0.2) is 11.5 Å². The van der Waals surface area contributed by atoms with Gasteiger partial charge in [0, 0.05) is 0 Å². The van der Waals surface area contributed by atoms with Crippen molar-refractivity contribution >= 4 is 18.0 Å². The highest BCUT2D eigenvalue weighted by Crippen LogP contribution is 2.65. The van der Waals surface area contributed by atoms with E-state index in [1.807, 2.05) is 42.5 Å². The minimum Gasteiger partial charge on any atom is -0.493 e. The average molecular weight is 428 g/mol. The Balaban J connectivity index is 1.18. The molecule has 0 N–H and O–H groups in total. The molecule has 7 rings (SSSR count). The summed E-state index contributed by atoms with van der Waals surface area (Å²) in [7, 11) is 1.58. The summed E-state index contributed by atoms with van der Waals surface area (Å²) in [6.45, 7) is 0.433. The number of amides is 2. The fourth-order valence-corrected chi connectivity index (χ4v) is 5.80. The van der Waals surface area contributed by atoms with Gasteiger partial charge >= 0.3 is 0 Å². The maximum atomic E-state index is 13.0. The van der Waals surface area contributed by atoms with E-state index in [2.05, 4.69) is 17.3 Å². The molecular formula is C26H24N2O4. The molecule has 1 heterocycles. The Morgan fingerprint density at radius 3 is 2.31 bits per heavy atom. The summed E-state index contributed by atoms with van der Waals surface area (Å²) in [6.07, 6.45) is 7.03. The van der Waals surface area contributed by atoms with Gasteiger partial charge in [-0.05, 0) is 59.4 Å². The van der Waals surface area contributed by atoms with Crippen LogP contribution in [0.15, 0.2) is 65.8 Å². The fourth-order valence-electron chi connectivity index (χ4n) is 5.80. The zero-order valence-electron chi connectivity index (χ0n) is 17.8. The molecule has 1 saturated heterocycles. The molecule has 0 unspecified atom stereocenters. The third kappa shape index (κ3) is 2.97. The van der Waals surface area contributed by atoms with Gasteiger partial charge < -0.3 is 9.47 Å². The highest BCUT2D eigenvalue weighted by atomic mass is 16.5. The summed E-state index contributed by atoms with van der Waals surface area (Å²) in [6, 6.07) is 15.4. The van der Waals surface area contributed by atoms with Crippen LogP contribution in [0.1, 0.15) is 17.5 Å². The van der Waals surface area contributed by atoms with Crippen LogP contribution < -0.4 is 9.47 Å². The molecule has 1 aliphatic heterocycles. The van der Waals surface area contributed by atoms with Crippen LogP contribution in [-0.2, 0) is 16.2 Å². The van der Waals surface area contributed by atoms with Gasteiger partial charge in [-0.15, -0.1) is 0 Å². The van der Waals surface area contributed by atoms with Crippen molar-refractivity contribution < 1.29 is 19.1 Å². The topological polar surface area (TPSA) is 68.2 Å². The monoisotopic (exact) mass is 428 g/mol. The molecule has 2 saturated carbocycles. The Bertz CT molecular complexity index is 1110. The van der Waals surface area contributed by atoms with Crippen LogP contribution in [0, 0.1) is 35.5 Å². The number of imide groups is 1. The Kier molecular flexibility index (Phi) is 4.42. The molecule has 6 heteroatoms. The Hall–Kier alpha value is -3.41. The Labute approximate surface area is 186 Å². The maximum Gasteiger partial charge on any atom is 0.254 e. The van der Waals surface area contributed by atoms with Gasteiger partial charge in [-0.2, -0.15) is 10.1 Å². The number of ether oxygens (including phenoxy) is 2. The standard InChI is InChI=1S/C26H24N2O4/c1-31-22-11-16(7-10-21(22)32-14-15-5-3-2-4-6-15)13-27-28-25(29)23-17-8-9-18(20-12-19(17)20)24(23)26(28)30/h2-11,13,17-20,23-24H,12,14H2,1H3/b27-13-/t17-,18-,19-,20+,23+,24-/m1/s1. The van der Waals surface area contributed by atoms with Crippen LogP contribution in [0.25, 0.3) is 0 Å². The Morgan fingerprint density at radius 2 is 1.66 bits per heavy atom. The number of allylic oxidation sites excluding steroid dienone is 2. The van der Waals surface area contributed by atoms with E-state index in [4.69, 9.17) is 9.47 Å². The average Bonchev–Trinajstić information content (AvgIpc) is 3.61. The summed E-state index contributed by atoms with van der Waals surface area (Å²) in [5.74, 6) is 1.98. The number of benzene rings is 2. The third-order valence-corrected chi connectivity index (χ3v) is 7.39. The highest BCUT2D eigenvalue weighted by molar-refractivity contribution is 6.06. The second kappa shape index (κ2) is 7.33. The van der Waals surface area contributed by atoms with E-state index in [0.29, 0.717) is 29.9 Å². The molecule has 6 atom stereocenters. The first-order valence-corrected chi connectivity index (χ1v) is 11.1. The molecule has 2 aromatic carbocycles. The van der Waals surface area contributed by atoms with E-state index in [-0.39, 0.29) is 35.5 Å². The minimum absolute atomic E-state index is 0.157. The van der Waals surface area contributed by atoms with Crippen LogP contribution in [0.5, 0.6) is 11.5 Å². The van der Waals surface area contributed by atoms with E-state index in [1.165, 1.54) is 0 Å². The van der Waals surface area contributed by atoms with E-state index >= 15 is 0 Å². The van der Waals surface area contributed by atoms with E-state index in [0.717, 1.165) is 22.6 Å². The number of hydrazone groups is 1. The number of nitrogens with zero attached hydrogens (tertiary/aromatic N) is 2. The van der Waals surface area contributed by atoms with E-state index in [1.54, 1.807) is 19.4 Å². The molecular weight excluding hydrogens is 404 g/mol. The molecule has 3 fully saturated rings. The van der Waals surface area contributed by atoms with Gasteiger partial charge in [0.2, 0.25) is 0 Å². The minimum atomic E-state index is -0.235. The number of rotatable bonds is 6. The Morgan fingerprint density at radius 1 is 0.969 bits per heavy atom. The van der Waals surface area contributed by atoms with Gasteiger partial charge in [0.25, 0.3) is 11.8 Å². The summed E-state index contributed by atoms with van der Waals surface area (Å²) in [5.41, 5.74) is 1.79. The third-order valence-electron chi connectivity index (χ3n) is 7.39. The molecule has 162 valence electrons. The molecule has 4 aliphatic carbocycles. The predicted molar refractivity (Wildman–Crippen MR) is 118 cm³/mol. The van der Waals surface area contributed by atoms with Crippen LogP contribution in [0.3, 0.4) is 0 Å². The zero-order chi connectivity index (χ0) is 21.8. The second-order valence-corrected chi connectivity index (χ2v) is 9.07. The molecule has 6 nitrogen and oxygen atoms in total. The number of methoxy groups -OCH3 is 1. The zero-order valence-corrected chi connectivity index (χ0v) is 17.8. The SMILES string of the molecule is COc1cc(/C=N\N2C(=O)[C@@H]3[C@@H]4C=C[C@H]([C@H]5C[C@@H]45)[C@@H]3C2=O)ccc1OCc1ccccc1. The lowest BCUT2D eigenvalue weighted by molar-refractivity contribution is -0.140. The molecule has 0 aromatic heterocycles. The lowest BCUT2D eigenvalue weighted by Gasteiger charge is -2.37. The van der Waals surface area contributed by atoms with E-state index in [9.17, 15) is 9.59 Å². The normalized spacial score (nSPS) is 31.7. The molecule has 32 heavy (non-hydrogen) atoms. The molecule has 0 radical (unpaired) electrons. The summed E-state index contributed by atoms with van der Waals surface area (Å²) in [5, 5.41) is 5.40. The first kappa shape index (κ1) is 19.3. The van der Waals surface area contributed by atoms with Crippen LogP contribution in [-0.4, -0.2) is 30.1 Å². The van der Waals surface area contributed by atoms with Crippen molar-refractivity contribution in [2.24, 2.45) is 40.6 Å². The quantitative estimate of drug-likeness (QED) is 0.400. The maximum absolute atomic E-state index is 13.0. The van der Waals surface area contributed by atoms with Crippen molar-refractivity contribution in [1.82, 2.24) is 5.01 Å². The molecule has 2 aromatic rings. The largest absolute Gasteiger partial charge is 0.493 e. The number of hydrogen-bond acceptors (Lipinski definition) is 5. The van der Waals surface area contributed by atoms with Crippen molar-refractivity contribution in [2.75, 3.05) is 7.11 Å². The first-order valence-electron chi connectivity index (χ1n) is 11.1. The van der Waals surface area contributed by atoms with Crippen molar-refractivity contribution in [3.05, 3.63) is 71.8 Å². The highest BCUT2D eigenvalue weighted by Gasteiger charge is 2.67. The van der Waals surface area contributed by atoms with Crippen molar-refractivity contribution in [1.29, 1.82) is 0 Å². The summed E-state index contributed by atoms with van der Waals surface area (Å²) >= 11 is 0. The van der Waals surface area contributed by atoms with E-state index < -0.39 is 0 Å². The van der Waals surface area contributed by atoms with Gasteiger partial charge in [0.1, 0.15) is 6.61 Å². The van der Waals surface area contributed by atoms with Gasteiger partial charge in [-0.1, -0.05) is 42.5 Å². The number of carbonyl (C=O) groups is 2. The van der Waals surface area contributed by atoms with Crippen LogP contribution in [0.4, 0.5) is 0 Å². The predicted octanol–water partition coefficient (Wildman–Crippen LogP) is 3.66. The van der Waals surface area contributed by atoms with Gasteiger partial charge in [0.05, 0.1) is 25.2 Å². The number of carbonyl (C=O) groups excluding carboxylic acids is 2. The number of hydrogen-bond donors (Lipinski definition) is 0. The van der Waals surface area contributed by atoms with Crippen molar-refractivity contribution in [3.63, 3.8) is 0 Å². The van der Waals surface area contributed by atoms with Crippen LogP contribution in [0.2, 0.25) is 0 Å². The molecule has 2 amide bonds. The molecule has 2 bridgehead atoms. The molecule has 0 spiro atoms. The fraction of sp³-hybridized carbons (Fsp3) is 0.346. The lowest BCUT2D eigenvalue weighted by atomic mass is 9.63. The first-order chi connectivity index (χ1) is 15.7. The summed E-state index contributed by atoms with van der Waals surface area (Å²) in [4.78, 5) is 26.1. The summed E-state index contributed by atoms with van der Waals surface area (Å²) < 4.78 is 11.4. The van der Waals surface area contributed by atoms with Crippen molar-refractivity contribution in [2.45, 2.75) is 13.0 Å². The molecule has 5 aliphatic rings. The smallest absolute Gasteiger partial charge is 0.254 e. The van der Waals surface area contributed by atoms with Gasteiger partial charge in [-0.3, -0.25) is 9.59 Å². The second-order valence-electron chi connectivity index (χ2n) is 9.07. The van der Waals surface area contributed by atoms with Crippen LogP contribution >= 0.6 is 0 Å².